The van der Waals surface area contributed by atoms with Gasteiger partial charge in [0, 0.05) is 38.1 Å². The van der Waals surface area contributed by atoms with Crippen molar-refractivity contribution in [3.8, 4) is 0 Å². The predicted molar refractivity (Wildman–Crippen MR) is 108 cm³/mol. The fourth-order valence-electron chi connectivity index (χ4n) is 3.54. The highest BCUT2D eigenvalue weighted by molar-refractivity contribution is 6.01. The molecule has 7 heteroatoms. The summed E-state index contributed by atoms with van der Waals surface area (Å²) >= 11 is 0. The summed E-state index contributed by atoms with van der Waals surface area (Å²) in [7, 11) is 0. The second-order valence-corrected chi connectivity index (χ2v) is 7.31. The van der Waals surface area contributed by atoms with E-state index >= 15 is 0 Å². The second-order valence-electron chi connectivity index (χ2n) is 7.31. The number of benzene rings is 1. The third-order valence-electron chi connectivity index (χ3n) is 5.13. The normalized spacial score (nSPS) is 15.9. The van der Waals surface area contributed by atoms with Crippen molar-refractivity contribution in [3.05, 3.63) is 78.1 Å². The summed E-state index contributed by atoms with van der Waals surface area (Å²) in [4.78, 5) is 16.7. The fraction of sp³-hybridized carbons (Fsp3) is 0.273. The number of hydrogen-bond donors (Lipinski definition) is 0. The van der Waals surface area contributed by atoms with E-state index in [4.69, 9.17) is 0 Å². The molecule has 29 heavy (non-hydrogen) atoms. The maximum atomic E-state index is 12.5. The molecule has 1 aromatic carbocycles. The van der Waals surface area contributed by atoms with Crippen LogP contribution in [0, 0.1) is 11.6 Å². The number of nitrogens with zero attached hydrogens (tertiary/aromatic N) is 4. The number of anilines is 1. The van der Waals surface area contributed by atoms with Crippen molar-refractivity contribution in [3.63, 3.8) is 0 Å². The molecular weight excluding hydrogens is 374 g/mol. The van der Waals surface area contributed by atoms with Crippen molar-refractivity contribution in [2.45, 2.75) is 12.8 Å². The predicted octanol–water partition coefficient (Wildman–Crippen LogP) is 3.91. The van der Waals surface area contributed by atoms with Crippen molar-refractivity contribution in [1.82, 2.24) is 14.5 Å². The topological polar surface area (TPSA) is 40.9 Å². The number of carbonyl (C=O) groups is 1. The molecule has 150 valence electrons. The average Bonchev–Trinajstić information content (AvgIpc) is 3.37. The van der Waals surface area contributed by atoms with Crippen LogP contribution < -0.4 is 4.90 Å². The summed E-state index contributed by atoms with van der Waals surface area (Å²) in [5.74, 6) is -0.770. The zero-order valence-corrected chi connectivity index (χ0v) is 16.0. The van der Waals surface area contributed by atoms with Crippen LogP contribution in [0.5, 0.6) is 0 Å². The zero-order valence-electron chi connectivity index (χ0n) is 16.0. The van der Waals surface area contributed by atoms with Gasteiger partial charge < -0.3 is 9.80 Å². The Labute approximate surface area is 167 Å². The van der Waals surface area contributed by atoms with Gasteiger partial charge in [-0.15, -0.1) is 0 Å². The molecule has 1 amide bonds. The van der Waals surface area contributed by atoms with Crippen molar-refractivity contribution in [1.29, 1.82) is 0 Å². The lowest BCUT2D eigenvalue weighted by Gasteiger charge is -2.33. The monoisotopic (exact) mass is 396 g/mol. The third kappa shape index (κ3) is 4.13. The molecule has 0 saturated carbocycles. The Bertz CT molecular complexity index is 1010. The van der Waals surface area contributed by atoms with Gasteiger partial charge in [0.2, 0.25) is 0 Å². The van der Waals surface area contributed by atoms with Crippen LogP contribution in [0.15, 0.2) is 60.9 Å². The summed E-state index contributed by atoms with van der Waals surface area (Å²) in [6, 6.07) is 8.47. The fourth-order valence-corrected chi connectivity index (χ4v) is 3.54. The van der Waals surface area contributed by atoms with Gasteiger partial charge in [-0.05, 0) is 54.8 Å². The maximum absolute atomic E-state index is 12.5. The first-order valence-corrected chi connectivity index (χ1v) is 9.60. The lowest BCUT2D eigenvalue weighted by atomic mass is 10.1. The Kier molecular flexibility index (Phi) is 5.29. The van der Waals surface area contributed by atoms with Crippen LogP contribution >= 0.6 is 0 Å². The lowest BCUT2D eigenvalue weighted by Crippen LogP contribution is -2.43. The van der Waals surface area contributed by atoms with Crippen LogP contribution in [0.1, 0.15) is 23.2 Å². The smallest absolute Gasteiger partial charge is 0.258 e. The molecule has 5 rings (SSSR count). The van der Waals surface area contributed by atoms with Crippen LogP contribution in [0.25, 0.3) is 5.52 Å². The number of carbonyl (C=O) groups excluding carboxylic acids is 1. The molecular formula is C22H22F2N4O. The molecule has 2 aliphatic heterocycles. The SMILES string of the molecule is C=C1CN(C(=O)c2cnn3ccc(N4CCCC4)cc23)C1.Fc1ccc(F)cc1. The molecule has 0 aliphatic carbocycles. The van der Waals surface area contributed by atoms with Crippen LogP contribution in [0.2, 0.25) is 0 Å². The van der Waals surface area contributed by atoms with Gasteiger partial charge in [0.1, 0.15) is 11.6 Å². The van der Waals surface area contributed by atoms with Crippen molar-refractivity contribution in [2.75, 3.05) is 31.1 Å². The molecule has 0 atom stereocenters. The minimum absolute atomic E-state index is 0.0518. The molecule has 2 saturated heterocycles. The number of fused-ring (bicyclic) bond motifs is 1. The Hall–Kier alpha value is -3.22. The lowest BCUT2D eigenvalue weighted by molar-refractivity contribution is 0.0730. The van der Waals surface area contributed by atoms with Gasteiger partial charge in [0.05, 0.1) is 17.3 Å². The number of aromatic nitrogens is 2. The third-order valence-corrected chi connectivity index (χ3v) is 5.13. The molecule has 0 radical (unpaired) electrons. The highest BCUT2D eigenvalue weighted by atomic mass is 19.1. The van der Waals surface area contributed by atoms with Gasteiger partial charge in [-0.2, -0.15) is 5.10 Å². The summed E-state index contributed by atoms with van der Waals surface area (Å²) in [5, 5.41) is 4.30. The van der Waals surface area contributed by atoms with Gasteiger partial charge in [0.15, 0.2) is 0 Å². The minimum atomic E-state index is -0.411. The van der Waals surface area contributed by atoms with Crippen LogP contribution in [-0.4, -0.2) is 46.6 Å². The molecule has 0 unspecified atom stereocenters. The number of likely N-dealkylation sites (tertiary alicyclic amines) is 1. The number of amides is 1. The molecule has 4 heterocycles. The number of pyridine rings is 1. The van der Waals surface area contributed by atoms with Gasteiger partial charge >= 0.3 is 0 Å². The standard InChI is InChI=1S/C16H18N4O.C6H4F2/c1-12-10-19(11-12)16(21)14-9-17-20-7-4-13(8-15(14)20)18-5-2-3-6-18;7-5-1-2-6(8)4-3-5/h4,7-9H,1-3,5-6,10-11H2;1-4H. The summed E-state index contributed by atoms with van der Waals surface area (Å²) in [5.41, 5.74) is 3.87. The summed E-state index contributed by atoms with van der Waals surface area (Å²) in [6.45, 7) is 7.41. The quantitative estimate of drug-likeness (QED) is 0.617. The van der Waals surface area contributed by atoms with Gasteiger partial charge in [-0.3, -0.25) is 4.79 Å². The zero-order chi connectivity index (χ0) is 20.4. The first-order valence-electron chi connectivity index (χ1n) is 9.60. The van der Waals surface area contributed by atoms with E-state index in [1.165, 1.54) is 18.5 Å². The van der Waals surface area contributed by atoms with Gasteiger partial charge in [-0.1, -0.05) is 6.58 Å². The highest BCUT2D eigenvalue weighted by Crippen LogP contribution is 2.25. The molecule has 2 aromatic heterocycles. The Morgan fingerprint density at radius 3 is 2.21 bits per heavy atom. The van der Waals surface area contributed by atoms with Crippen LogP contribution in [-0.2, 0) is 0 Å². The van der Waals surface area contributed by atoms with E-state index in [9.17, 15) is 13.6 Å². The number of rotatable bonds is 2. The minimum Gasteiger partial charge on any atom is -0.371 e. The van der Waals surface area contributed by atoms with Gasteiger partial charge in [0.25, 0.3) is 5.91 Å². The molecule has 3 aromatic rings. The molecule has 0 spiro atoms. The molecule has 2 aliphatic rings. The van der Waals surface area contributed by atoms with Crippen molar-refractivity contribution >= 4 is 17.1 Å². The second kappa shape index (κ2) is 8.03. The highest BCUT2D eigenvalue weighted by Gasteiger charge is 2.27. The first-order chi connectivity index (χ1) is 14.0. The molecule has 5 nitrogen and oxygen atoms in total. The van der Waals surface area contributed by atoms with E-state index in [0.29, 0.717) is 18.7 Å². The Morgan fingerprint density at radius 2 is 1.62 bits per heavy atom. The molecule has 0 N–H and O–H groups in total. The van der Waals surface area contributed by atoms with Crippen LogP contribution in [0.3, 0.4) is 0 Å². The average molecular weight is 396 g/mol. The largest absolute Gasteiger partial charge is 0.371 e. The van der Waals surface area contributed by atoms with E-state index in [1.54, 1.807) is 10.7 Å². The summed E-state index contributed by atoms with van der Waals surface area (Å²) < 4.78 is 25.6. The van der Waals surface area contributed by atoms with E-state index in [2.05, 4.69) is 28.7 Å². The summed E-state index contributed by atoms with van der Waals surface area (Å²) in [6.07, 6.45) is 6.10. The van der Waals surface area contributed by atoms with Crippen molar-refractivity contribution < 1.29 is 13.6 Å². The van der Waals surface area contributed by atoms with Crippen LogP contribution in [0.4, 0.5) is 14.5 Å². The molecule has 0 bridgehead atoms. The van der Waals surface area contributed by atoms with Gasteiger partial charge in [-0.25, -0.2) is 13.3 Å². The number of hydrogen-bond acceptors (Lipinski definition) is 3. The first kappa shape index (κ1) is 19.1. The van der Waals surface area contributed by atoms with E-state index < -0.39 is 11.6 Å². The number of halogens is 2. The Morgan fingerprint density at radius 1 is 1.00 bits per heavy atom. The molecule has 2 fully saturated rings. The van der Waals surface area contributed by atoms with E-state index in [1.807, 2.05) is 11.1 Å². The Balaban J connectivity index is 0.000000216. The van der Waals surface area contributed by atoms with Crippen molar-refractivity contribution in [2.24, 2.45) is 0 Å². The van der Waals surface area contributed by atoms with E-state index in [0.717, 1.165) is 48.4 Å². The maximum Gasteiger partial charge on any atom is 0.258 e. The van der Waals surface area contributed by atoms with E-state index in [-0.39, 0.29) is 5.91 Å².